The van der Waals surface area contributed by atoms with Crippen LogP contribution in [-0.2, 0) is 0 Å². The molecule has 0 bridgehead atoms. The highest BCUT2D eigenvalue weighted by Gasteiger charge is 2.31. The van der Waals surface area contributed by atoms with Crippen molar-refractivity contribution in [3.63, 3.8) is 0 Å². The quantitative estimate of drug-likeness (QED) is 0.706. The summed E-state index contributed by atoms with van der Waals surface area (Å²) in [5, 5.41) is 4.14. The van der Waals surface area contributed by atoms with Crippen molar-refractivity contribution in [2.75, 3.05) is 46.4 Å². The summed E-state index contributed by atoms with van der Waals surface area (Å²) in [4.78, 5) is 9.46. The monoisotopic (exact) mass is 372 g/mol. The van der Waals surface area contributed by atoms with Crippen LogP contribution in [0, 0.1) is 0 Å². The molecule has 2 heterocycles. The Balaban J connectivity index is 1.19. The van der Waals surface area contributed by atoms with Crippen LogP contribution in [0.25, 0.3) is 0 Å². The van der Waals surface area contributed by atoms with E-state index in [0.717, 1.165) is 55.9 Å². The Hall–Kier alpha value is -2.12. The van der Waals surface area contributed by atoms with E-state index in [-0.39, 0.29) is 6.04 Å². The Labute approximate surface area is 160 Å². The van der Waals surface area contributed by atoms with Gasteiger partial charge in [-0.15, -0.1) is 0 Å². The van der Waals surface area contributed by atoms with Crippen LogP contribution < -0.4 is 9.47 Å². The lowest BCUT2D eigenvalue weighted by Crippen LogP contribution is -2.48. The molecule has 1 aliphatic heterocycles. The average Bonchev–Trinajstić information content (AvgIpc) is 3.45. The molecule has 0 amide bonds. The molecule has 0 radical (unpaired) electrons. The number of methoxy groups -OCH3 is 1. The van der Waals surface area contributed by atoms with Gasteiger partial charge in [-0.1, -0.05) is 5.16 Å². The largest absolute Gasteiger partial charge is 0.497 e. The summed E-state index contributed by atoms with van der Waals surface area (Å²) in [5.41, 5.74) is 0. The van der Waals surface area contributed by atoms with E-state index in [2.05, 4.69) is 26.9 Å². The maximum absolute atomic E-state index is 5.84. The summed E-state index contributed by atoms with van der Waals surface area (Å²) < 4.78 is 16.5. The molecule has 1 aromatic heterocycles. The van der Waals surface area contributed by atoms with Gasteiger partial charge in [0.25, 0.3) is 0 Å². The van der Waals surface area contributed by atoms with Crippen LogP contribution in [-0.4, -0.2) is 66.4 Å². The molecular formula is C20H28N4O3. The van der Waals surface area contributed by atoms with Crippen molar-refractivity contribution >= 4 is 0 Å². The third kappa shape index (κ3) is 4.59. The van der Waals surface area contributed by atoms with Crippen LogP contribution in [0.4, 0.5) is 0 Å². The first kappa shape index (κ1) is 18.3. The Morgan fingerprint density at radius 2 is 1.81 bits per heavy atom. The number of benzene rings is 1. The van der Waals surface area contributed by atoms with Gasteiger partial charge in [0.1, 0.15) is 18.1 Å². The van der Waals surface area contributed by atoms with Crippen molar-refractivity contribution in [3.05, 3.63) is 36.0 Å². The molecule has 2 fully saturated rings. The average molecular weight is 372 g/mol. The van der Waals surface area contributed by atoms with E-state index >= 15 is 0 Å². The maximum Gasteiger partial charge on any atom is 0.243 e. The fourth-order valence-corrected chi connectivity index (χ4v) is 3.42. The first-order valence-electron chi connectivity index (χ1n) is 9.79. The van der Waals surface area contributed by atoms with Crippen molar-refractivity contribution in [2.24, 2.45) is 0 Å². The molecule has 7 nitrogen and oxygen atoms in total. The number of piperazine rings is 1. The molecule has 1 aromatic carbocycles. The molecule has 1 aliphatic carbocycles. The summed E-state index contributed by atoms with van der Waals surface area (Å²) in [5.74, 6) is 3.92. The smallest absolute Gasteiger partial charge is 0.243 e. The number of hydrogen-bond donors (Lipinski definition) is 0. The Kier molecular flexibility index (Phi) is 5.59. The lowest BCUT2D eigenvalue weighted by atomic mass is 10.2. The molecule has 0 N–H and O–H groups in total. The molecule has 1 atom stereocenters. The highest BCUT2D eigenvalue weighted by molar-refractivity contribution is 5.31. The van der Waals surface area contributed by atoms with Crippen LogP contribution in [0.5, 0.6) is 11.5 Å². The molecule has 4 rings (SSSR count). The summed E-state index contributed by atoms with van der Waals surface area (Å²) in [7, 11) is 1.67. The summed E-state index contributed by atoms with van der Waals surface area (Å²) >= 11 is 0. The lowest BCUT2D eigenvalue weighted by Gasteiger charge is -2.36. The van der Waals surface area contributed by atoms with Gasteiger partial charge >= 0.3 is 0 Å². The normalized spacial score (nSPS) is 19.8. The van der Waals surface area contributed by atoms with E-state index in [0.29, 0.717) is 12.5 Å². The third-order valence-corrected chi connectivity index (χ3v) is 5.45. The number of hydrogen-bond acceptors (Lipinski definition) is 7. The van der Waals surface area contributed by atoms with Gasteiger partial charge in [0.15, 0.2) is 5.82 Å². The van der Waals surface area contributed by atoms with Crippen LogP contribution in [0.3, 0.4) is 0 Å². The third-order valence-electron chi connectivity index (χ3n) is 5.45. The van der Waals surface area contributed by atoms with Crippen LogP contribution in [0.2, 0.25) is 0 Å². The van der Waals surface area contributed by atoms with Crippen LogP contribution >= 0.6 is 0 Å². The first-order chi connectivity index (χ1) is 13.2. The van der Waals surface area contributed by atoms with Gasteiger partial charge in [0.2, 0.25) is 5.89 Å². The standard InChI is InChI=1S/C20H28N4O3/c1-15(20-21-19(22-27-20)16-3-4-16)24-11-9-23(10-12-24)13-14-26-18-7-5-17(25-2)6-8-18/h5-8,15-16H,3-4,9-14H2,1-2H3/t15-/m1/s1. The van der Waals surface area contributed by atoms with Crippen molar-refractivity contribution < 1.29 is 14.0 Å². The van der Waals surface area contributed by atoms with E-state index in [1.165, 1.54) is 12.8 Å². The second-order valence-corrected chi connectivity index (χ2v) is 7.34. The van der Waals surface area contributed by atoms with E-state index < -0.39 is 0 Å². The van der Waals surface area contributed by atoms with Crippen LogP contribution in [0.15, 0.2) is 28.8 Å². The second-order valence-electron chi connectivity index (χ2n) is 7.34. The molecule has 2 aliphatic rings. The van der Waals surface area contributed by atoms with Crippen molar-refractivity contribution in [3.8, 4) is 11.5 Å². The van der Waals surface area contributed by atoms with Crippen molar-refractivity contribution in [1.29, 1.82) is 0 Å². The fraction of sp³-hybridized carbons (Fsp3) is 0.600. The van der Waals surface area contributed by atoms with Gasteiger partial charge in [-0.2, -0.15) is 4.98 Å². The van der Waals surface area contributed by atoms with Gasteiger partial charge in [-0.25, -0.2) is 0 Å². The maximum atomic E-state index is 5.84. The molecule has 2 aromatic rings. The Morgan fingerprint density at radius 1 is 1.11 bits per heavy atom. The molecule has 27 heavy (non-hydrogen) atoms. The van der Waals surface area contributed by atoms with Crippen molar-refractivity contribution in [2.45, 2.75) is 31.7 Å². The molecule has 1 saturated heterocycles. The molecule has 146 valence electrons. The van der Waals surface area contributed by atoms with Gasteiger partial charge < -0.3 is 14.0 Å². The number of rotatable bonds is 8. The van der Waals surface area contributed by atoms with Gasteiger partial charge in [-0.05, 0) is 44.0 Å². The highest BCUT2D eigenvalue weighted by atomic mass is 16.5. The summed E-state index contributed by atoms with van der Waals surface area (Å²) in [6.07, 6.45) is 2.40. The molecule has 0 spiro atoms. The fourth-order valence-electron chi connectivity index (χ4n) is 3.42. The van der Waals surface area contributed by atoms with E-state index in [1.54, 1.807) is 7.11 Å². The topological polar surface area (TPSA) is 63.9 Å². The predicted octanol–water partition coefficient (Wildman–Crippen LogP) is 2.71. The molecule has 7 heteroatoms. The minimum absolute atomic E-state index is 0.183. The summed E-state index contributed by atoms with van der Waals surface area (Å²) in [6, 6.07) is 7.91. The van der Waals surface area contributed by atoms with E-state index in [1.807, 2.05) is 24.3 Å². The SMILES string of the molecule is COc1ccc(OCCN2CCN([C@H](C)c3nc(C4CC4)no3)CC2)cc1. The van der Waals surface area contributed by atoms with Gasteiger partial charge in [-0.3, -0.25) is 9.80 Å². The Morgan fingerprint density at radius 3 is 2.48 bits per heavy atom. The van der Waals surface area contributed by atoms with E-state index in [9.17, 15) is 0 Å². The van der Waals surface area contributed by atoms with Crippen molar-refractivity contribution in [1.82, 2.24) is 19.9 Å². The predicted molar refractivity (Wildman–Crippen MR) is 101 cm³/mol. The van der Waals surface area contributed by atoms with Gasteiger partial charge in [0.05, 0.1) is 13.2 Å². The lowest BCUT2D eigenvalue weighted by molar-refractivity contribution is 0.0800. The summed E-state index contributed by atoms with van der Waals surface area (Å²) in [6.45, 7) is 7.85. The zero-order chi connectivity index (χ0) is 18.6. The molecule has 1 saturated carbocycles. The minimum Gasteiger partial charge on any atom is -0.497 e. The van der Waals surface area contributed by atoms with Gasteiger partial charge in [0, 0.05) is 38.6 Å². The second kappa shape index (κ2) is 8.27. The molecular weight excluding hydrogens is 344 g/mol. The zero-order valence-corrected chi connectivity index (χ0v) is 16.1. The number of ether oxygens (including phenoxy) is 2. The zero-order valence-electron chi connectivity index (χ0n) is 16.1. The van der Waals surface area contributed by atoms with Crippen LogP contribution in [0.1, 0.15) is 43.4 Å². The number of nitrogens with zero attached hydrogens (tertiary/aromatic N) is 4. The first-order valence-corrected chi connectivity index (χ1v) is 9.79. The van der Waals surface area contributed by atoms with E-state index in [4.69, 9.17) is 14.0 Å². The highest BCUT2D eigenvalue weighted by Crippen LogP contribution is 2.38. The molecule has 0 unspecified atom stereocenters. The number of aromatic nitrogens is 2. The minimum atomic E-state index is 0.183. The Bertz CT molecular complexity index is 721.